The third-order valence-electron chi connectivity index (χ3n) is 4.16. The molecule has 4 nitrogen and oxygen atoms in total. The van der Waals surface area contributed by atoms with Gasteiger partial charge in [-0.3, -0.25) is 4.99 Å². The minimum absolute atomic E-state index is 0. The highest BCUT2D eigenvalue weighted by molar-refractivity contribution is 14.0. The van der Waals surface area contributed by atoms with Crippen molar-refractivity contribution in [2.75, 3.05) is 27.2 Å². The van der Waals surface area contributed by atoms with E-state index in [2.05, 4.69) is 65.1 Å². The lowest BCUT2D eigenvalue weighted by Crippen LogP contribution is -2.40. The molecule has 0 unspecified atom stereocenters. The van der Waals surface area contributed by atoms with Crippen molar-refractivity contribution in [3.8, 4) is 0 Å². The fraction of sp³-hybridized carbons (Fsp3) is 0.421. The fourth-order valence-corrected chi connectivity index (χ4v) is 2.84. The average molecular weight is 440 g/mol. The maximum absolute atomic E-state index is 4.36. The summed E-state index contributed by atoms with van der Waals surface area (Å²) in [6.07, 6.45) is 7.19. The number of hydrogen-bond acceptors (Lipinski definition) is 1. The molecule has 0 radical (unpaired) electrons. The molecule has 0 aliphatic heterocycles. The van der Waals surface area contributed by atoms with Crippen LogP contribution in [0.1, 0.15) is 24.0 Å². The molecular formula is C19H29IN4. The zero-order valence-electron chi connectivity index (χ0n) is 14.9. The first-order valence-electron chi connectivity index (χ1n) is 8.25. The van der Waals surface area contributed by atoms with Gasteiger partial charge >= 0.3 is 0 Å². The van der Waals surface area contributed by atoms with Gasteiger partial charge in [-0.05, 0) is 37.3 Å². The quantitative estimate of drug-likeness (QED) is 0.224. The van der Waals surface area contributed by atoms with E-state index >= 15 is 0 Å². The summed E-state index contributed by atoms with van der Waals surface area (Å²) >= 11 is 0. The Bertz CT molecular complexity index is 675. The van der Waals surface area contributed by atoms with Gasteiger partial charge in [0.1, 0.15) is 0 Å². The van der Waals surface area contributed by atoms with Gasteiger partial charge in [0.25, 0.3) is 0 Å². The van der Waals surface area contributed by atoms with Gasteiger partial charge in [-0.1, -0.05) is 24.3 Å². The molecule has 1 aromatic carbocycles. The molecular weight excluding hydrogens is 411 g/mol. The third-order valence-corrected chi connectivity index (χ3v) is 4.16. The van der Waals surface area contributed by atoms with Crippen molar-refractivity contribution in [2.24, 2.45) is 4.99 Å². The number of aromatic amines is 1. The molecule has 132 valence electrons. The number of guanidine groups is 1. The number of para-hydroxylation sites is 1. The molecule has 2 N–H and O–H groups in total. The Balaban J connectivity index is 0.00000288. The normalized spacial score (nSPS) is 11.2. The zero-order valence-corrected chi connectivity index (χ0v) is 17.3. The summed E-state index contributed by atoms with van der Waals surface area (Å²) in [5.41, 5.74) is 3.88. The summed E-state index contributed by atoms with van der Waals surface area (Å²) in [5, 5.41) is 4.77. The molecule has 5 heteroatoms. The van der Waals surface area contributed by atoms with Crippen LogP contribution in [0.2, 0.25) is 0 Å². The molecule has 2 rings (SSSR count). The molecule has 0 saturated carbocycles. The maximum Gasteiger partial charge on any atom is 0.193 e. The highest BCUT2D eigenvalue weighted by Crippen LogP contribution is 2.21. The molecule has 2 aromatic rings. The Kier molecular flexibility index (Phi) is 8.89. The van der Waals surface area contributed by atoms with Crippen LogP contribution in [0, 0.1) is 6.92 Å². The number of aliphatic imine (C=N–C) groups is 1. The van der Waals surface area contributed by atoms with E-state index in [1.807, 2.05) is 13.1 Å². The number of nitrogens with one attached hydrogen (secondary N) is 2. The number of H-pyrrole nitrogens is 1. The van der Waals surface area contributed by atoms with Gasteiger partial charge in [0.05, 0.1) is 0 Å². The Labute approximate surface area is 162 Å². The second kappa shape index (κ2) is 10.4. The maximum atomic E-state index is 4.36. The number of rotatable bonds is 7. The first-order chi connectivity index (χ1) is 11.2. The van der Waals surface area contributed by atoms with Crippen molar-refractivity contribution >= 4 is 40.8 Å². The standard InChI is InChI=1S/C19H28N4.HI/c1-5-6-7-13-23(4)19(20-3)21-12-11-16-14-22-18-15(2)9-8-10-17(16)18;/h5,8-10,14,22H,1,6-7,11-13H2,2-4H3,(H,20,21);1H. The number of aromatic nitrogens is 1. The van der Waals surface area contributed by atoms with Crippen molar-refractivity contribution in [1.82, 2.24) is 15.2 Å². The smallest absolute Gasteiger partial charge is 0.193 e. The zero-order chi connectivity index (χ0) is 16.7. The predicted octanol–water partition coefficient (Wildman–Crippen LogP) is 4.11. The molecule has 0 spiro atoms. The largest absolute Gasteiger partial charge is 0.361 e. The SMILES string of the molecule is C=CCCCN(C)C(=NC)NCCc1c[nH]c2c(C)cccc12.I. The van der Waals surface area contributed by atoms with E-state index in [0.29, 0.717) is 0 Å². The van der Waals surface area contributed by atoms with Gasteiger partial charge in [-0.15, -0.1) is 30.6 Å². The topological polar surface area (TPSA) is 43.4 Å². The lowest BCUT2D eigenvalue weighted by Gasteiger charge is -2.21. The van der Waals surface area contributed by atoms with Crippen molar-refractivity contribution in [3.05, 3.63) is 48.2 Å². The van der Waals surface area contributed by atoms with Gasteiger partial charge in [-0.2, -0.15) is 0 Å². The van der Waals surface area contributed by atoms with E-state index in [1.165, 1.54) is 22.0 Å². The first-order valence-corrected chi connectivity index (χ1v) is 8.25. The van der Waals surface area contributed by atoms with Crippen LogP contribution in [0.25, 0.3) is 10.9 Å². The summed E-state index contributed by atoms with van der Waals surface area (Å²) in [4.78, 5) is 9.92. The van der Waals surface area contributed by atoms with Gasteiger partial charge in [0.15, 0.2) is 5.96 Å². The summed E-state index contributed by atoms with van der Waals surface area (Å²) in [7, 11) is 3.91. The minimum atomic E-state index is 0. The van der Waals surface area contributed by atoms with Crippen molar-refractivity contribution in [2.45, 2.75) is 26.2 Å². The van der Waals surface area contributed by atoms with Gasteiger partial charge in [0.2, 0.25) is 0 Å². The van der Waals surface area contributed by atoms with Crippen LogP contribution in [-0.2, 0) is 6.42 Å². The number of unbranched alkanes of at least 4 members (excludes halogenated alkanes) is 1. The number of benzene rings is 1. The van der Waals surface area contributed by atoms with E-state index in [-0.39, 0.29) is 24.0 Å². The molecule has 0 bridgehead atoms. The molecule has 1 heterocycles. The van der Waals surface area contributed by atoms with E-state index < -0.39 is 0 Å². The second-order valence-electron chi connectivity index (χ2n) is 5.89. The van der Waals surface area contributed by atoms with Crippen LogP contribution in [-0.4, -0.2) is 43.0 Å². The lowest BCUT2D eigenvalue weighted by atomic mass is 10.1. The molecule has 0 fully saturated rings. The number of hydrogen-bond donors (Lipinski definition) is 2. The highest BCUT2D eigenvalue weighted by atomic mass is 127. The third kappa shape index (κ3) is 5.26. The fourth-order valence-electron chi connectivity index (χ4n) is 2.84. The van der Waals surface area contributed by atoms with Crippen LogP contribution in [0.5, 0.6) is 0 Å². The molecule has 0 amide bonds. The van der Waals surface area contributed by atoms with E-state index in [0.717, 1.165) is 38.3 Å². The Morgan fingerprint density at radius 3 is 2.92 bits per heavy atom. The Morgan fingerprint density at radius 2 is 2.21 bits per heavy atom. The first kappa shape index (κ1) is 20.5. The van der Waals surface area contributed by atoms with Crippen LogP contribution in [0.4, 0.5) is 0 Å². The number of fused-ring (bicyclic) bond motifs is 1. The van der Waals surface area contributed by atoms with Crippen LogP contribution >= 0.6 is 24.0 Å². The molecule has 0 aliphatic carbocycles. The van der Waals surface area contributed by atoms with Gasteiger partial charge in [0, 0.05) is 44.3 Å². The summed E-state index contributed by atoms with van der Waals surface area (Å²) < 4.78 is 0. The van der Waals surface area contributed by atoms with Crippen molar-refractivity contribution < 1.29 is 0 Å². The summed E-state index contributed by atoms with van der Waals surface area (Å²) in [6, 6.07) is 6.44. The molecule has 0 saturated heterocycles. The Hall–Kier alpha value is -1.50. The van der Waals surface area contributed by atoms with Crippen molar-refractivity contribution in [3.63, 3.8) is 0 Å². The molecule has 0 atom stereocenters. The molecule has 0 aliphatic rings. The monoisotopic (exact) mass is 440 g/mol. The Morgan fingerprint density at radius 1 is 1.42 bits per heavy atom. The van der Waals surface area contributed by atoms with E-state index in [9.17, 15) is 0 Å². The molecule has 24 heavy (non-hydrogen) atoms. The van der Waals surface area contributed by atoms with E-state index in [4.69, 9.17) is 0 Å². The second-order valence-corrected chi connectivity index (χ2v) is 5.89. The van der Waals surface area contributed by atoms with Crippen molar-refractivity contribution in [1.29, 1.82) is 0 Å². The van der Waals surface area contributed by atoms with Gasteiger partial charge in [-0.25, -0.2) is 0 Å². The number of aryl methyl sites for hydroxylation is 1. The highest BCUT2D eigenvalue weighted by Gasteiger charge is 2.07. The van der Waals surface area contributed by atoms with E-state index in [1.54, 1.807) is 0 Å². The van der Waals surface area contributed by atoms with Crippen LogP contribution in [0.3, 0.4) is 0 Å². The number of allylic oxidation sites excluding steroid dienone is 1. The lowest BCUT2D eigenvalue weighted by molar-refractivity contribution is 0.470. The summed E-state index contributed by atoms with van der Waals surface area (Å²) in [5.74, 6) is 0.949. The number of nitrogens with zero attached hydrogens (tertiary/aromatic N) is 2. The van der Waals surface area contributed by atoms with Gasteiger partial charge < -0.3 is 15.2 Å². The average Bonchev–Trinajstić information content (AvgIpc) is 2.96. The number of halogens is 1. The summed E-state index contributed by atoms with van der Waals surface area (Å²) in [6.45, 7) is 7.76. The minimum Gasteiger partial charge on any atom is -0.361 e. The molecule has 1 aromatic heterocycles. The van der Waals surface area contributed by atoms with Crippen LogP contribution < -0.4 is 5.32 Å². The van der Waals surface area contributed by atoms with Crippen LogP contribution in [0.15, 0.2) is 42.0 Å². The predicted molar refractivity (Wildman–Crippen MR) is 116 cm³/mol.